The zero-order valence-electron chi connectivity index (χ0n) is 6.33. The van der Waals surface area contributed by atoms with Crippen LogP contribution in [-0.4, -0.2) is 40.9 Å². The highest BCUT2D eigenvalue weighted by Crippen LogP contribution is 2.21. The van der Waals surface area contributed by atoms with Crippen LogP contribution in [-0.2, 0) is 9.53 Å². The van der Waals surface area contributed by atoms with Crippen LogP contribution in [0.5, 0.6) is 0 Å². The molecule has 1 saturated heterocycles. The molecule has 0 saturated carbocycles. The Morgan fingerprint density at radius 3 is 2.42 bits per heavy atom. The Bertz CT molecular complexity index is 189. The summed E-state index contributed by atoms with van der Waals surface area (Å²) in [7, 11) is 0. The number of hydrogen-bond acceptors (Lipinski definition) is 4. The Morgan fingerprint density at radius 2 is 2.00 bits per heavy atom. The first-order valence-electron chi connectivity index (χ1n) is 3.56. The number of hydrogen-bond donors (Lipinski definition) is 2. The third-order valence-electron chi connectivity index (χ3n) is 1.72. The van der Waals surface area contributed by atoms with Gasteiger partial charge in [0.05, 0.1) is 6.10 Å². The average molecular weight is 170 g/mol. The molecule has 1 fully saturated rings. The van der Waals surface area contributed by atoms with E-state index in [1.807, 2.05) is 0 Å². The van der Waals surface area contributed by atoms with Gasteiger partial charge in [0.2, 0.25) is 0 Å². The summed E-state index contributed by atoms with van der Waals surface area (Å²) < 4.78 is 4.92. The summed E-state index contributed by atoms with van der Waals surface area (Å²) in [4.78, 5) is 9.91. The van der Waals surface area contributed by atoms with Crippen LogP contribution in [0, 0.1) is 6.92 Å². The molecular formula is C8H10O4. The second kappa shape index (κ2) is 3.80. The second-order valence-electron chi connectivity index (χ2n) is 2.57. The van der Waals surface area contributed by atoms with E-state index < -0.39 is 24.4 Å². The number of aliphatic hydroxyl groups excluding tert-OH is 2. The first-order valence-corrected chi connectivity index (χ1v) is 3.56. The van der Waals surface area contributed by atoms with Crippen molar-refractivity contribution in [2.24, 2.45) is 0 Å². The van der Waals surface area contributed by atoms with Crippen molar-refractivity contribution in [3.05, 3.63) is 19.1 Å². The molecule has 0 aliphatic carbocycles. The molecule has 4 atom stereocenters. The summed E-state index contributed by atoms with van der Waals surface area (Å²) in [6.45, 7) is 5.28. The Morgan fingerprint density at radius 1 is 1.33 bits per heavy atom. The Hall–Kier alpha value is -0.710. The highest BCUT2D eigenvalue weighted by atomic mass is 16.5. The van der Waals surface area contributed by atoms with Crippen molar-refractivity contribution < 1.29 is 19.7 Å². The van der Waals surface area contributed by atoms with E-state index >= 15 is 0 Å². The maximum absolute atomic E-state index is 9.91. The zero-order chi connectivity index (χ0) is 9.14. The molecule has 0 aromatic heterocycles. The molecule has 12 heavy (non-hydrogen) atoms. The van der Waals surface area contributed by atoms with E-state index in [4.69, 9.17) is 16.8 Å². The summed E-state index contributed by atoms with van der Waals surface area (Å²) in [6.07, 6.45) is -0.623. The molecule has 0 spiro atoms. The van der Waals surface area contributed by atoms with E-state index in [0.717, 1.165) is 0 Å². The molecule has 1 aliphatic heterocycles. The van der Waals surface area contributed by atoms with Crippen LogP contribution in [0.3, 0.4) is 0 Å². The van der Waals surface area contributed by atoms with Gasteiger partial charge >= 0.3 is 0 Å². The molecule has 1 rings (SSSR count). The van der Waals surface area contributed by atoms with Crippen LogP contribution in [0.4, 0.5) is 0 Å². The van der Waals surface area contributed by atoms with Crippen LogP contribution >= 0.6 is 0 Å². The quantitative estimate of drug-likeness (QED) is 0.409. The molecule has 2 N–H and O–H groups in total. The normalized spacial score (nSPS) is 42.2. The molecule has 0 aromatic carbocycles. The molecular weight excluding hydrogens is 160 g/mol. The van der Waals surface area contributed by atoms with Crippen molar-refractivity contribution in [1.82, 2.24) is 0 Å². The molecule has 1 aliphatic rings. The maximum atomic E-state index is 9.91. The van der Waals surface area contributed by atoms with E-state index in [0.29, 0.717) is 6.29 Å². The predicted molar refractivity (Wildman–Crippen MR) is 40.2 cm³/mol. The topological polar surface area (TPSA) is 66.8 Å². The number of aldehydes is 1. The number of aliphatic hydroxyl groups is 2. The molecule has 66 valence electrons. The minimum Gasteiger partial charge on any atom is -0.388 e. The lowest BCUT2D eigenvalue weighted by Gasteiger charge is -2.09. The van der Waals surface area contributed by atoms with E-state index in [1.165, 1.54) is 12.2 Å². The van der Waals surface area contributed by atoms with Gasteiger partial charge in [-0.15, -0.1) is 0 Å². The fourth-order valence-corrected chi connectivity index (χ4v) is 1.05. The van der Waals surface area contributed by atoms with Crippen LogP contribution in [0.2, 0.25) is 0 Å². The first kappa shape index (κ1) is 9.38. The van der Waals surface area contributed by atoms with E-state index in [1.54, 1.807) is 0 Å². The molecule has 4 nitrogen and oxygen atoms in total. The van der Waals surface area contributed by atoms with Gasteiger partial charge in [0.15, 0.2) is 0 Å². The number of carbonyl (C=O) groups excluding carboxylic acids is 1. The molecule has 4 heteroatoms. The van der Waals surface area contributed by atoms with E-state index in [9.17, 15) is 9.90 Å². The van der Waals surface area contributed by atoms with Crippen molar-refractivity contribution in [2.45, 2.75) is 24.4 Å². The van der Waals surface area contributed by atoms with Crippen molar-refractivity contribution >= 4 is 6.29 Å². The Labute approximate surface area is 70.5 Å². The first-order chi connectivity index (χ1) is 5.66. The summed E-state index contributed by atoms with van der Waals surface area (Å²) in [6, 6.07) is 0. The standard InChI is InChI=1S/C8H10O4/c1-5-7(10)8(11)6(12-5)3-2-4-9/h1-8,10-11H/b3-2+/t5-,6+,7?,8-/m0/s1. The maximum Gasteiger partial charge on any atom is 0.142 e. The van der Waals surface area contributed by atoms with Gasteiger partial charge in [0, 0.05) is 0 Å². The van der Waals surface area contributed by atoms with Gasteiger partial charge in [-0.3, -0.25) is 4.79 Å². The van der Waals surface area contributed by atoms with Crippen LogP contribution in [0.25, 0.3) is 0 Å². The van der Waals surface area contributed by atoms with Crippen LogP contribution < -0.4 is 0 Å². The third kappa shape index (κ3) is 1.72. The smallest absolute Gasteiger partial charge is 0.142 e. The largest absolute Gasteiger partial charge is 0.388 e. The van der Waals surface area contributed by atoms with Crippen LogP contribution in [0.15, 0.2) is 12.2 Å². The average Bonchev–Trinajstić information content (AvgIpc) is 2.30. The summed E-state index contributed by atoms with van der Waals surface area (Å²) >= 11 is 0. The molecule has 1 heterocycles. The minimum atomic E-state index is -1.09. The van der Waals surface area contributed by atoms with Crippen molar-refractivity contribution in [3.63, 3.8) is 0 Å². The minimum absolute atomic E-state index is 0.562. The molecule has 0 amide bonds. The van der Waals surface area contributed by atoms with Crippen molar-refractivity contribution in [2.75, 3.05) is 0 Å². The number of carbonyl (C=O) groups is 1. The Balaban J connectivity index is 2.58. The van der Waals surface area contributed by atoms with Gasteiger partial charge in [-0.1, -0.05) is 0 Å². The molecule has 2 radical (unpaired) electrons. The van der Waals surface area contributed by atoms with Gasteiger partial charge in [-0.2, -0.15) is 0 Å². The molecule has 1 unspecified atom stereocenters. The van der Waals surface area contributed by atoms with Gasteiger partial charge in [0.1, 0.15) is 24.6 Å². The zero-order valence-corrected chi connectivity index (χ0v) is 6.33. The number of allylic oxidation sites excluding steroid dienone is 1. The molecule has 0 aromatic rings. The number of ether oxygens (including phenoxy) is 1. The molecule has 0 bridgehead atoms. The fraction of sp³-hybridized carbons (Fsp3) is 0.500. The fourth-order valence-electron chi connectivity index (χ4n) is 1.05. The van der Waals surface area contributed by atoms with Gasteiger partial charge in [-0.25, -0.2) is 0 Å². The third-order valence-corrected chi connectivity index (χ3v) is 1.72. The van der Waals surface area contributed by atoms with Crippen molar-refractivity contribution in [1.29, 1.82) is 0 Å². The second-order valence-corrected chi connectivity index (χ2v) is 2.57. The van der Waals surface area contributed by atoms with Crippen molar-refractivity contribution in [3.8, 4) is 0 Å². The van der Waals surface area contributed by atoms with Gasteiger partial charge in [-0.05, 0) is 19.1 Å². The lowest BCUT2D eigenvalue weighted by atomic mass is 10.1. The summed E-state index contributed by atoms with van der Waals surface area (Å²) in [5.74, 6) is 0. The number of rotatable bonds is 2. The van der Waals surface area contributed by atoms with Crippen LogP contribution in [0.1, 0.15) is 0 Å². The Kier molecular flexibility index (Phi) is 2.97. The predicted octanol–water partition coefficient (Wildman–Crippen LogP) is -1.06. The van der Waals surface area contributed by atoms with Gasteiger partial charge < -0.3 is 14.9 Å². The highest BCUT2D eigenvalue weighted by Gasteiger charge is 2.38. The van der Waals surface area contributed by atoms with E-state index in [2.05, 4.69) is 0 Å². The summed E-state index contributed by atoms with van der Waals surface area (Å²) in [5.41, 5.74) is 0. The summed E-state index contributed by atoms with van der Waals surface area (Å²) in [5, 5.41) is 18.3. The SMILES string of the molecule is [CH][C@@H]1O[C@H](/C=C/C=O)[C@H](O)C1O. The monoisotopic (exact) mass is 170 g/mol. The highest BCUT2D eigenvalue weighted by molar-refractivity contribution is 5.64. The lowest BCUT2D eigenvalue weighted by molar-refractivity contribution is -0.104. The van der Waals surface area contributed by atoms with E-state index in [-0.39, 0.29) is 0 Å². The van der Waals surface area contributed by atoms with Gasteiger partial charge in [0.25, 0.3) is 0 Å². The lowest BCUT2D eigenvalue weighted by Crippen LogP contribution is -2.30.